The van der Waals surface area contributed by atoms with Crippen LogP contribution in [0.15, 0.2) is 54.6 Å². The number of aliphatic hydroxyl groups excluding tert-OH is 1. The van der Waals surface area contributed by atoms with Crippen LogP contribution in [0.3, 0.4) is 0 Å². The summed E-state index contributed by atoms with van der Waals surface area (Å²) in [6.07, 6.45) is 1.77. The molecule has 0 spiro atoms. The highest BCUT2D eigenvalue weighted by Crippen LogP contribution is 2.29. The number of methoxy groups -OCH3 is 1. The Balaban J connectivity index is 1.82. The Labute approximate surface area is 158 Å². The van der Waals surface area contributed by atoms with Crippen molar-refractivity contribution in [1.29, 1.82) is 0 Å². The van der Waals surface area contributed by atoms with Gasteiger partial charge in [-0.3, -0.25) is 4.79 Å². The number of carbonyl (C=O) groups is 1. The fourth-order valence-corrected chi connectivity index (χ4v) is 3.71. The van der Waals surface area contributed by atoms with Gasteiger partial charge in [0.2, 0.25) is 0 Å². The van der Waals surface area contributed by atoms with E-state index in [-0.39, 0.29) is 18.6 Å². The quantitative estimate of drug-likeness (QED) is 0.771. The Bertz CT molecular complexity index is 969. The van der Waals surface area contributed by atoms with Crippen LogP contribution in [0.2, 0.25) is 0 Å². The molecule has 0 radical (unpaired) electrons. The molecule has 1 aromatic heterocycles. The Morgan fingerprint density at radius 1 is 1.22 bits per heavy atom. The second kappa shape index (κ2) is 7.37. The van der Waals surface area contributed by atoms with E-state index in [1.54, 1.807) is 12.0 Å². The van der Waals surface area contributed by atoms with Crippen molar-refractivity contribution >= 4 is 16.8 Å². The summed E-state index contributed by atoms with van der Waals surface area (Å²) in [6.45, 7) is 0.679. The predicted molar refractivity (Wildman–Crippen MR) is 105 cm³/mol. The van der Waals surface area contributed by atoms with Gasteiger partial charge in [-0.1, -0.05) is 18.2 Å². The molecule has 1 atom stereocenters. The predicted octanol–water partition coefficient (Wildman–Crippen LogP) is 3.51. The SMILES string of the molecule is COc1ccc(-c2cc(C(=O)N3CCCC3CO)c3ccccc3n2)cc1. The summed E-state index contributed by atoms with van der Waals surface area (Å²) < 4.78 is 5.22. The highest BCUT2D eigenvalue weighted by Gasteiger charge is 2.30. The minimum absolute atomic E-state index is 0.0000924. The minimum Gasteiger partial charge on any atom is -0.497 e. The van der Waals surface area contributed by atoms with Crippen LogP contribution in [0.4, 0.5) is 0 Å². The molecule has 1 amide bonds. The lowest BCUT2D eigenvalue weighted by atomic mass is 10.0. The molecule has 1 N–H and O–H groups in total. The van der Waals surface area contributed by atoms with Gasteiger partial charge in [-0.25, -0.2) is 4.98 Å². The van der Waals surface area contributed by atoms with Crippen LogP contribution in [-0.2, 0) is 0 Å². The van der Waals surface area contributed by atoms with E-state index in [9.17, 15) is 9.90 Å². The monoisotopic (exact) mass is 362 g/mol. The lowest BCUT2D eigenvalue weighted by Crippen LogP contribution is -2.37. The molecule has 1 fully saturated rings. The summed E-state index contributed by atoms with van der Waals surface area (Å²) in [6, 6.07) is 17.1. The van der Waals surface area contributed by atoms with Gasteiger partial charge in [-0.15, -0.1) is 0 Å². The minimum atomic E-state index is -0.103. The second-order valence-electron chi connectivity index (χ2n) is 6.78. The number of pyridine rings is 1. The fourth-order valence-electron chi connectivity index (χ4n) is 3.71. The van der Waals surface area contributed by atoms with Crippen molar-refractivity contribution in [3.63, 3.8) is 0 Å². The van der Waals surface area contributed by atoms with Crippen LogP contribution in [-0.4, -0.2) is 47.2 Å². The highest BCUT2D eigenvalue weighted by molar-refractivity contribution is 6.07. The fraction of sp³-hybridized carbons (Fsp3) is 0.273. The average molecular weight is 362 g/mol. The number of aliphatic hydroxyl groups is 1. The summed E-state index contributed by atoms with van der Waals surface area (Å²) in [5.41, 5.74) is 3.09. The van der Waals surface area contributed by atoms with E-state index in [2.05, 4.69) is 0 Å². The smallest absolute Gasteiger partial charge is 0.254 e. The molecule has 0 saturated carbocycles. The molecule has 5 heteroatoms. The number of hydrogen-bond acceptors (Lipinski definition) is 4. The van der Waals surface area contributed by atoms with E-state index in [1.165, 1.54) is 0 Å². The molecular formula is C22H22N2O3. The van der Waals surface area contributed by atoms with Gasteiger partial charge in [0.25, 0.3) is 5.91 Å². The third-order valence-corrected chi connectivity index (χ3v) is 5.18. The van der Waals surface area contributed by atoms with Gasteiger partial charge in [-0.2, -0.15) is 0 Å². The van der Waals surface area contributed by atoms with E-state index >= 15 is 0 Å². The number of amides is 1. The number of fused-ring (bicyclic) bond motifs is 1. The Kier molecular flexibility index (Phi) is 4.77. The normalized spacial score (nSPS) is 16.7. The van der Waals surface area contributed by atoms with Gasteiger partial charge >= 0.3 is 0 Å². The lowest BCUT2D eigenvalue weighted by Gasteiger charge is -2.24. The van der Waals surface area contributed by atoms with E-state index in [1.807, 2.05) is 54.6 Å². The molecule has 3 aromatic rings. The molecular weight excluding hydrogens is 340 g/mol. The van der Waals surface area contributed by atoms with Gasteiger partial charge in [0.15, 0.2) is 0 Å². The van der Waals surface area contributed by atoms with Crippen LogP contribution in [0, 0.1) is 0 Å². The van der Waals surface area contributed by atoms with Crippen molar-refractivity contribution < 1.29 is 14.6 Å². The second-order valence-corrected chi connectivity index (χ2v) is 6.78. The number of likely N-dealkylation sites (tertiary alicyclic amines) is 1. The maximum absolute atomic E-state index is 13.3. The molecule has 2 heterocycles. The largest absolute Gasteiger partial charge is 0.497 e. The molecule has 1 saturated heterocycles. The van der Waals surface area contributed by atoms with E-state index in [4.69, 9.17) is 9.72 Å². The Morgan fingerprint density at radius 3 is 2.74 bits per heavy atom. The Morgan fingerprint density at radius 2 is 2.00 bits per heavy atom. The molecule has 0 aliphatic carbocycles. The molecule has 0 bridgehead atoms. The number of carbonyl (C=O) groups excluding carboxylic acids is 1. The molecule has 5 nitrogen and oxygen atoms in total. The van der Waals surface area contributed by atoms with Crippen LogP contribution >= 0.6 is 0 Å². The maximum Gasteiger partial charge on any atom is 0.254 e. The lowest BCUT2D eigenvalue weighted by molar-refractivity contribution is 0.0679. The van der Waals surface area contributed by atoms with Crippen LogP contribution in [0.25, 0.3) is 22.2 Å². The zero-order chi connectivity index (χ0) is 18.8. The maximum atomic E-state index is 13.3. The van der Waals surface area contributed by atoms with Gasteiger partial charge in [0, 0.05) is 17.5 Å². The van der Waals surface area contributed by atoms with E-state index < -0.39 is 0 Å². The van der Waals surface area contributed by atoms with E-state index in [0.717, 1.165) is 40.8 Å². The first-order chi connectivity index (χ1) is 13.2. The number of hydrogen-bond donors (Lipinski definition) is 1. The number of nitrogens with zero attached hydrogens (tertiary/aromatic N) is 2. The van der Waals surface area contributed by atoms with Crippen molar-refractivity contribution in [2.24, 2.45) is 0 Å². The standard InChI is InChI=1S/C22H22N2O3/c1-27-17-10-8-15(9-11-17)21-13-19(18-6-2-3-7-20(18)23-21)22(26)24-12-4-5-16(24)14-25/h2-3,6-11,13,16,25H,4-5,12,14H2,1H3. The first kappa shape index (κ1) is 17.5. The van der Waals surface area contributed by atoms with Crippen molar-refractivity contribution in [3.05, 3.63) is 60.2 Å². The van der Waals surface area contributed by atoms with Gasteiger partial charge in [-0.05, 0) is 49.2 Å². The van der Waals surface area contributed by atoms with Crippen molar-refractivity contribution in [1.82, 2.24) is 9.88 Å². The van der Waals surface area contributed by atoms with Gasteiger partial charge < -0.3 is 14.7 Å². The number of benzene rings is 2. The van der Waals surface area contributed by atoms with Crippen molar-refractivity contribution in [2.45, 2.75) is 18.9 Å². The average Bonchev–Trinajstić information content (AvgIpc) is 3.21. The molecule has 1 aliphatic heterocycles. The zero-order valence-electron chi connectivity index (χ0n) is 15.3. The number of aromatic nitrogens is 1. The molecule has 27 heavy (non-hydrogen) atoms. The molecule has 1 aliphatic rings. The number of rotatable bonds is 4. The Hall–Kier alpha value is -2.92. The van der Waals surface area contributed by atoms with Crippen molar-refractivity contribution in [2.75, 3.05) is 20.3 Å². The molecule has 1 unspecified atom stereocenters. The van der Waals surface area contributed by atoms with Gasteiger partial charge in [0.1, 0.15) is 5.75 Å². The molecule has 2 aromatic carbocycles. The first-order valence-corrected chi connectivity index (χ1v) is 9.17. The summed E-state index contributed by atoms with van der Waals surface area (Å²) in [7, 11) is 1.63. The first-order valence-electron chi connectivity index (χ1n) is 9.17. The van der Waals surface area contributed by atoms with Crippen molar-refractivity contribution in [3.8, 4) is 17.0 Å². The van der Waals surface area contributed by atoms with E-state index in [0.29, 0.717) is 12.1 Å². The topological polar surface area (TPSA) is 62.7 Å². The third kappa shape index (κ3) is 3.26. The van der Waals surface area contributed by atoms with Crippen LogP contribution in [0.5, 0.6) is 5.75 Å². The van der Waals surface area contributed by atoms with Crippen LogP contribution < -0.4 is 4.74 Å². The summed E-state index contributed by atoms with van der Waals surface area (Å²) in [4.78, 5) is 19.8. The molecule has 4 rings (SSSR count). The summed E-state index contributed by atoms with van der Waals surface area (Å²) in [5, 5.41) is 10.4. The third-order valence-electron chi connectivity index (χ3n) is 5.18. The van der Waals surface area contributed by atoms with Gasteiger partial charge in [0.05, 0.1) is 36.5 Å². The number of ether oxygens (including phenoxy) is 1. The zero-order valence-corrected chi connectivity index (χ0v) is 15.3. The summed E-state index contributed by atoms with van der Waals surface area (Å²) >= 11 is 0. The van der Waals surface area contributed by atoms with Crippen LogP contribution in [0.1, 0.15) is 23.2 Å². The highest BCUT2D eigenvalue weighted by atomic mass is 16.5. The number of para-hydroxylation sites is 1. The molecule has 138 valence electrons. The summed E-state index contributed by atoms with van der Waals surface area (Å²) in [5.74, 6) is 0.735.